The molecule has 22 heavy (non-hydrogen) atoms. The Labute approximate surface area is 131 Å². The minimum absolute atomic E-state index is 0.0410. The molecule has 0 aliphatic carbocycles. The maximum atomic E-state index is 12.5. The standard InChI is InChI=1S/C16H15F2N3S/c1-2-13-20-15(12-7-8-22-16(12)21-13)19-9-10-3-5-11(6-4-10)14(17)18/h3-8,14H,2,9H2,1H3,(H,19,20,21). The molecule has 0 aliphatic rings. The highest BCUT2D eigenvalue weighted by molar-refractivity contribution is 7.16. The first-order chi connectivity index (χ1) is 10.7. The van der Waals surface area contributed by atoms with E-state index in [0.29, 0.717) is 6.54 Å². The van der Waals surface area contributed by atoms with E-state index in [1.54, 1.807) is 23.5 Å². The second kappa shape index (κ2) is 6.36. The van der Waals surface area contributed by atoms with E-state index in [1.165, 1.54) is 12.1 Å². The number of aromatic nitrogens is 2. The van der Waals surface area contributed by atoms with E-state index < -0.39 is 6.43 Å². The van der Waals surface area contributed by atoms with Crippen LogP contribution in [0, 0.1) is 0 Å². The normalized spacial score (nSPS) is 11.3. The van der Waals surface area contributed by atoms with Crippen LogP contribution in [-0.2, 0) is 13.0 Å². The van der Waals surface area contributed by atoms with Gasteiger partial charge >= 0.3 is 0 Å². The molecule has 0 saturated carbocycles. The molecule has 0 atom stereocenters. The third kappa shape index (κ3) is 3.06. The van der Waals surface area contributed by atoms with Gasteiger partial charge < -0.3 is 5.32 Å². The molecule has 2 heterocycles. The van der Waals surface area contributed by atoms with Crippen LogP contribution < -0.4 is 5.32 Å². The zero-order chi connectivity index (χ0) is 15.5. The summed E-state index contributed by atoms with van der Waals surface area (Å²) in [7, 11) is 0. The molecule has 0 saturated heterocycles. The van der Waals surface area contributed by atoms with Crippen molar-refractivity contribution in [1.82, 2.24) is 9.97 Å². The van der Waals surface area contributed by atoms with Gasteiger partial charge in [0.15, 0.2) is 0 Å². The van der Waals surface area contributed by atoms with Gasteiger partial charge in [0.05, 0.1) is 5.39 Å². The second-order valence-corrected chi connectivity index (χ2v) is 5.77. The Morgan fingerprint density at radius 3 is 2.59 bits per heavy atom. The van der Waals surface area contributed by atoms with Gasteiger partial charge in [0.2, 0.25) is 0 Å². The summed E-state index contributed by atoms with van der Waals surface area (Å²) >= 11 is 1.58. The van der Waals surface area contributed by atoms with Crippen LogP contribution in [0.15, 0.2) is 35.7 Å². The molecular formula is C16H15F2N3S. The first-order valence-corrected chi connectivity index (χ1v) is 7.90. The number of hydrogen-bond donors (Lipinski definition) is 1. The second-order valence-electron chi connectivity index (χ2n) is 4.88. The summed E-state index contributed by atoms with van der Waals surface area (Å²) in [5.41, 5.74) is 0.976. The summed E-state index contributed by atoms with van der Waals surface area (Å²) < 4.78 is 25.1. The predicted molar refractivity (Wildman–Crippen MR) is 85.5 cm³/mol. The molecule has 0 unspecified atom stereocenters. The van der Waals surface area contributed by atoms with Gasteiger partial charge in [0, 0.05) is 18.5 Å². The first-order valence-electron chi connectivity index (χ1n) is 7.02. The minimum atomic E-state index is -2.43. The molecular weight excluding hydrogens is 304 g/mol. The molecule has 1 N–H and O–H groups in total. The first kappa shape index (κ1) is 14.8. The summed E-state index contributed by atoms with van der Waals surface area (Å²) in [6, 6.07) is 8.32. The fourth-order valence-corrected chi connectivity index (χ4v) is 2.94. The Balaban J connectivity index is 1.79. The van der Waals surface area contributed by atoms with Gasteiger partial charge in [-0.3, -0.25) is 0 Å². The van der Waals surface area contributed by atoms with Crippen molar-refractivity contribution in [3.63, 3.8) is 0 Å². The lowest BCUT2D eigenvalue weighted by atomic mass is 10.1. The fraction of sp³-hybridized carbons (Fsp3) is 0.250. The van der Waals surface area contributed by atoms with Gasteiger partial charge in [0.1, 0.15) is 16.5 Å². The molecule has 3 aromatic rings. The molecule has 114 valence electrons. The predicted octanol–water partition coefficient (Wildman–Crippen LogP) is 4.80. The van der Waals surface area contributed by atoms with Crippen LogP contribution in [0.3, 0.4) is 0 Å². The number of halogens is 2. The minimum Gasteiger partial charge on any atom is -0.365 e. The smallest absolute Gasteiger partial charge is 0.263 e. The summed E-state index contributed by atoms with van der Waals surface area (Å²) in [6.07, 6.45) is -1.66. The number of thiophene rings is 1. The van der Waals surface area contributed by atoms with Gasteiger partial charge in [-0.2, -0.15) is 0 Å². The fourth-order valence-electron chi connectivity index (χ4n) is 2.16. The zero-order valence-electron chi connectivity index (χ0n) is 12.0. The highest BCUT2D eigenvalue weighted by atomic mass is 32.1. The van der Waals surface area contributed by atoms with Gasteiger partial charge in [-0.1, -0.05) is 31.2 Å². The van der Waals surface area contributed by atoms with Crippen molar-refractivity contribution < 1.29 is 8.78 Å². The van der Waals surface area contributed by atoms with Crippen LogP contribution >= 0.6 is 11.3 Å². The Bertz CT molecular complexity index is 769. The Hall–Kier alpha value is -2.08. The lowest BCUT2D eigenvalue weighted by Gasteiger charge is -2.09. The number of benzene rings is 1. The van der Waals surface area contributed by atoms with Crippen LogP contribution in [0.5, 0.6) is 0 Å². The largest absolute Gasteiger partial charge is 0.365 e. The number of anilines is 1. The number of fused-ring (bicyclic) bond motifs is 1. The zero-order valence-corrected chi connectivity index (χ0v) is 12.8. The number of rotatable bonds is 5. The molecule has 0 aliphatic heterocycles. The molecule has 3 nitrogen and oxygen atoms in total. The van der Waals surface area contributed by atoms with Crippen LogP contribution in [0.1, 0.15) is 30.3 Å². The number of alkyl halides is 2. The van der Waals surface area contributed by atoms with Crippen molar-refractivity contribution in [3.05, 3.63) is 52.7 Å². The van der Waals surface area contributed by atoms with Crippen LogP contribution in [0.2, 0.25) is 0 Å². The number of nitrogens with zero attached hydrogens (tertiary/aromatic N) is 2. The summed E-state index contributed by atoms with van der Waals surface area (Å²) in [4.78, 5) is 9.96. The van der Waals surface area contributed by atoms with Crippen molar-refractivity contribution in [2.24, 2.45) is 0 Å². The third-order valence-electron chi connectivity index (χ3n) is 3.38. The summed E-state index contributed by atoms with van der Waals surface area (Å²) in [5.74, 6) is 1.59. The van der Waals surface area contributed by atoms with Crippen LogP contribution in [0.25, 0.3) is 10.2 Å². The van der Waals surface area contributed by atoms with Gasteiger partial charge in [0.25, 0.3) is 6.43 Å². The quantitative estimate of drug-likeness (QED) is 0.734. The van der Waals surface area contributed by atoms with E-state index in [4.69, 9.17) is 0 Å². The molecule has 0 spiro atoms. The van der Waals surface area contributed by atoms with E-state index in [-0.39, 0.29) is 5.56 Å². The Morgan fingerprint density at radius 1 is 1.14 bits per heavy atom. The van der Waals surface area contributed by atoms with Gasteiger partial charge in [-0.15, -0.1) is 11.3 Å². The molecule has 1 aromatic carbocycles. The summed E-state index contributed by atoms with van der Waals surface area (Å²) in [5, 5.41) is 6.26. The van der Waals surface area contributed by atoms with E-state index in [1.807, 2.05) is 18.4 Å². The number of hydrogen-bond acceptors (Lipinski definition) is 4. The third-order valence-corrected chi connectivity index (χ3v) is 4.19. The van der Waals surface area contributed by atoms with Crippen molar-refractivity contribution >= 4 is 27.4 Å². The SMILES string of the molecule is CCc1nc(NCc2ccc(C(F)F)cc2)c2ccsc2n1. The molecule has 6 heteroatoms. The lowest BCUT2D eigenvalue weighted by molar-refractivity contribution is 0.151. The lowest BCUT2D eigenvalue weighted by Crippen LogP contribution is -2.04. The monoisotopic (exact) mass is 319 g/mol. The summed E-state index contributed by atoms with van der Waals surface area (Å²) in [6.45, 7) is 2.55. The number of nitrogens with one attached hydrogen (secondary N) is 1. The van der Waals surface area contributed by atoms with Crippen molar-refractivity contribution in [3.8, 4) is 0 Å². The van der Waals surface area contributed by atoms with E-state index >= 15 is 0 Å². The van der Waals surface area contributed by atoms with Gasteiger partial charge in [-0.25, -0.2) is 18.7 Å². The number of aryl methyl sites for hydroxylation is 1. The Kier molecular flexibility index (Phi) is 4.29. The maximum Gasteiger partial charge on any atom is 0.263 e. The van der Waals surface area contributed by atoms with E-state index in [0.717, 1.165) is 33.8 Å². The average Bonchev–Trinajstić information content (AvgIpc) is 3.01. The Morgan fingerprint density at radius 2 is 1.91 bits per heavy atom. The molecule has 0 bridgehead atoms. The highest BCUT2D eigenvalue weighted by Gasteiger charge is 2.09. The van der Waals surface area contributed by atoms with E-state index in [2.05, 4.69) is 15.3 Å². The highest BCUT2D eigenvalue weighted by Crippen LogP contribution is 2.26. The van der Waals surface area contributed by atoms with E-state index in [9.17, 15) is 8.78 Å². The van der Waals surface area contributed by atoms with Crippen molar-refractivity contribution in [2.45, 2.75) is 26.3 Å². The average molecular weight is 319 g/mol. The van der Waals surface area contributed by atoms with Crippen molar-refractivity contribution in [1.29, 1.82) is 0 Å². The molecule has 2 aromatic heterocycles. The molecule has 3 rings (SSSR count). The molecule has 0 radical (unpaired) electrons. The maximum absolute atomic E-state index is 12.5. The topological polar surface area (TPSA) is 37.8 Å². The molecule has 0 amide bonds. The molecule has 0 fully saturated rings. The van der Waals surface area contributed by atoms with Crippen LogP contribution in [-0.4, -0.2) is 9.97 Å². The van der Waals surface area contributed by atoms with Gasteiger partial charge in [-0.05, 0) is 17.0 Å². The van der Waals surface area contributed by atoms with Crippen molar-refractivity contribution in [2.75, 3.05) is 5.32 Å². The van der Waals surface area contributed by atoms with Crippen LogP contribution in [0.4, 0.5) is 14.6 Å².